The zero-order valence-electron chi connectivity index (χ0n) is 7.35. The summed E-state index contributed by atoms with van der Waals surface area (Å²) in [5.74, 6) is 0.588. The fourth-order valence-corrected chi connectivity index (χ4v) is 0.919. The summed E-state index contributed by atoms with van der Waals surface area (Å²) in [5.41, 5.74) is 0. The van der Waals surface area contributed by atoms with Crippen molar-refractivity contribution in [3.63, 3.8) is 0 Å². The molecule has 0 radical (unpaired) electrons. The summed E-state index contributed by atoms with van der Waals surface area (Å²) in [4.78, 5) is 11.0. The standard InChI is InChI=1S/C8H16ClNO2/c1-7(11)6-10-8(12)4-2-3-5-9/h7,11H,2-6H2,1H3,(H,10,12)/t7-/m0/s1. The van der Waals surface area contributed by atoms with Crippen LogP contribution in [0.5, 0.6) is 0 Å². The molecule has 0 aliphatic rings. The first-order valence-corrected chi connectivity index (χ1v) is 4.71. The highest BCUT2D eigenvalue weighted by Crippen LogP contribution is 1.96. The molecule has 0 aromatic carbocycles. The van der Waals surface area contributed by atoms with E-state index in [4.69, 9.17) is 16.7 Å². The Labute approximate surface area is 78.1 Å². The lowest BCUT2D eigenvalue weighted by Crippen LogP contribution is -2.30. The van der Waals surface area contributed by atoms with E-state index in [9.17, 15) is 4.79 Å². The van der Waals surface area contributed by atoms with Crippen LogP contribution in [0.25, 0.3) is 0 Å². The van der Waals surface area contributed by atoms with Crippen molar-refractivity contribution in [3.8, 4) is 0 Å². The van der Waals surface area contributed by atoms with Gasteiger partial charge in [0.25, 0.3) is 0 Å². The number of carbonyl (C=O) groups excluding carboxylic acids is 1. The van der Waals surface area contributed by atoms with Gasteiger partial charge in [0.05, 0.1) is 6.10 Å². The van der Waals surface area contributed by atoms with Gasteiger partial charge in [-0.05, 0) is 19.8 Å². The molecule has 1 amide bonds. The van der Waals surface area contributed by atoms with E-state index >= 15 is 0 Å². The molecule has 1 atom stereocenters. The number of aliphatic hydroxyl groups is 1. The van der Waals surface area contributed by atoms with Gasteiger partial charge >= 0.3 is 0 Å². The van der Waals surface area contributed by atoms with Crippen molar-refractivity contribution in [3.05, 3.63) is 0 Å². The van der Waals surface area contributed by atoms with Gasteiger partial charge < -0.3 is 10.4 Å². The minimum Gasteiger partial charge on any atom is -0.392 e. The Morgan fingerprint density at radius 1 is 1.58 bits per heavy atom. The second kappa shape index (κ2) is 7.37. The molecular formula is C8H16ClNO2. The van der Waals surface area contributed by atoms with Crippen molar-refractivity contribution in [2.75, 3.05) is 12.4 Å². The first-order valence-electron chi connectivity index (χ1n) is 4.17. The first-order chi connectivity index (χ1) is 5.66. The van der Waals surface area contributed by atoms with Gasteiger partial charge in [0.1, 0.15) is 0 Å². The largest absolute Gasteiger partial charge is 0.392 e. The van der Waals surface area contributed by atoms with Crippen molar-refractivity contribution in [1.82, 2.24) is 5.32 Å². The monoisotopic (exact) mass is 193 g/mol. The van der Waals surface area contributed by atoms with Crippen LogP contribution in [-0.4, -0.2) is 29.5 Å². The van der Waals surface area contributed by atoms with Gasteiger partial charge in [-0.15, -0.1) is 11.6 Å². The second-order valence-corrected chi connectivity index (χ2v) is 3.18. The fraction of sp³-hybridized carbons (Fsp3) is 0.875. The topological polar surface area (TPSA) is 49.3 Å². The average molecular weight is 194 g/mol. The van der Waals surface area contributed by atoms with Gasteiger partial charge in [-0.25, -0.2) is 0 Å². The third-order valence-corrected chi connectivity index (χ3v) is 1.65. The molecule has 2 N–H and O–H groups in total. The Hall–Kier alpha value is -0.280. The van der Waals surface area contributed by atoms with Gasteiger partial charge in [-0.3, -0.25) is 4.79 Å². The third-order valence-electron chi connectivity index (χ3n) is 1.38. The predicted molar refractivity (Wildman–Crippen MR) is 49.3 cm³/mol. The molecule has 0 saturated carbocycles. The molecule has 72 valence electrons. The molecule has 0 aliphatic heterocycles. The smallest absolute Gasteiger partial charge is 0.220 e. The number of nitrogens with one attached hydrogen (secondary N) is 1. The van der Waals surface area contributed by atoms with Crippen LogP contribution < -0.4 is 5.32 Å². The first kappa shape index (κ1) is 11.7. The highest BCUT2D eigenvalue weighted by molar-refractivity contribution is 6.17. The van der Waals surface area contributed by atoms with Gasteiger partial charge in [0.2, 0.25) is 5.91 Å². The summed E-state index contributed by atoms with van der Waals surface area (Å²) in [6, 6.07) is 0. The SMILES string of the molecule is C[C@H](O)CNC(=O)CCCCCl. The third kappa shape index (κ3) is 7.82. The van der Waals surface area contributed by atoms with Crippen LogP contribution >= 0.6 is 11.6 Å². The number of halogens is 1. The quantitative estimate of drug-likeness (QED) is 0.486. The Morgan fingerprint density at radius 3 is 2.75 bits per heavy atom. The van der Waals surface area contributed by atoms with Gasteiger partial charge in [-0.2, -0.15) is 0 Å². The Bertz CT molecular complexity index is 128. The van der Waals surface area contributed by atoms with Crippen LogP contribution in [-0.2, 0) is 4.79 Å². The number of unbranched alkanes of at least 4 members (excludes halogenated alkanes) is 1. The molecular weight excluding hydrogens is 178 g/mol. The van der Waals surface area contributed by atoms with Crippen LogP contribution in [0.3, 0.4) is 0 Å². The number of rotatable bonds is 6. The van der Waals surface area contributed by atoms with E-state index in [0.29, 0.717) is 18.8 Å². The molecule has 4 heteroatoms. The maximum absolute atomic E-state index is 11.0. The van der Waals surface area contributed by atoms with Crippen LogP contribution in [0.1, 0.15) is 26.2 Å². The van der Waals surface area contributed by atoms with Crippen molar-refractivity contribution >= 4 is 17.5 Å². The molecule has 0 saturated heterocycles. The second-order valence-electron chi connectivity index (χ2n) is 2.80. The predicted octanol–water partition coefficient (Wildman–Crippen LogP) is 0.892. The van der Waals surface area contributed by atoms with Crippen molar-refractivity contribution in [2.24, 2.45) is 0 Å². The maximum Gasteiger partial charge on any atom is 0.220 e. The van der Waals surface area contributed by atoms with Crippen LogP contribution in [0, 0.1) is 0 Å². The van der Waals surface area contributed by atoms with E-state index in [1.165, 1.54) is 0 Å². The summed E-state index contributed by atoms with van der Waals surface area (Å²) >= 11 is 5.44. The zero-order valence-corrected chi connectivity index (χ0v) is 8.10. The summed E-state index contributed by atoms with van der Waals surface area (Å²) in [6.45, 7) is 1.97. The molecule has 0 aromatic rings. The zero-order chi connectivity index (χ0) is 9.40. The Balaban J connectivity index is 3.22. The Kier molecular flexibility index (Phi) is 7.20. The van der Waals surface area contributed by atoms with Crippen molar-refractivity contribution in [1.29, 1.82) is 0 Å². The lowest BCUT2D eigenvalue weighted by atomic mass is 10.2. The summed E-state index contributed by atoms with van der Waals surface area (Å²) in [6.07, 6.45) is 1.71. The normalized spacial score (nSPS) is 12.6. The highest BCUT2D eigenvalue weighted by atomic mass is 35.5. The molecule has 0 bridgehead atoms. The molecule has 0 aromatic heterocycles. The maximum atomic E-state index is 11.0. The van der Waals surface area contributed by atoms with Gasteiger partial charge in [-0.1, -0.05) is 0 Å². The lowest BCUT2D eigenvalue weighted by molar-refractivity contribution is -0.121. The van der Waals surface area contributed by atoms with E-state index in [0.717, 1.165) is 12.8 Å². The van der Waals surface area contributed by atoms with Crippen molar-refractivity contribution in [2.45, 2.75) is 32.3 Å². The molecule has 0 heterocycles. The van der Waals surface area contributed by atoms with Crippen LogP contribution in [0.2, 0.25) is 0 Å². The number of aliphatic hydroxyl groups excluding tert-OH is 1. The number of hydrogen-bond donors (Lipinski definition) is 2. The van der Waals surface area contributed by atoms with E-state index in [1.807, 2.05) is 0 Å². The Morgan fingerprint density at radius 2 is 2.25 bits per heavy atom. The van der Waals surface area contributed by atoms with Crippen molar-refractivity contribution < 1.29 is 9.90 Å². The number of alkyl halides is 1. The van der Waals surface area contributed by atoms with Gasteiger partial charge in [0, 0.05) is 18.8 Å². The number of amides is 1. The average Bonchev–Trinajstić information content (AvgIpc) is 2.01. The van der Waals surface area contributed by atoms with E-state index < -0.39 is 6.10 Å². The minimum absolute atomic E-state index is 0.0129. The van der Waals surface area contributed by atoms with E-state index in [-0.39, 0.29) is 5.91 Å². The molecule has 0 fully saturated rings. The molecule has 12 heavy (non-hydrogen) atoms. The summed E-state index contributed by atoms with van der Waals surface area (Å²) in [5, 5.41) is 11.4. The van der Waals surface area contributed by atoms with E-state index in [1.54, 1.807) is 6.92 Å². The molecule has 0 rings (SSSR count). The lowest BCUT2D eigenvalue weighted by Gasteiger charge is -2.05. The highest BCUT2D eigenvalue weighted by Gasteiger charge is 2.01. The summed E-state index contributed by atoms with van der Waals surface area (Å²) in [7, 11) is 0. The molecule has 3 nitrogen and oxygen atoms in total. The number of hydrogen-bond acceptors (Lipinski definition) is 2. The molecule has 0 spiro atoms. The van der Waals surface area contributed by atoms with Crippen LogP contribution in [0.15, 0.2) is 0 Å². The van der Waals surface area contributed by atoms with E-state index in [2.05, 4.69) is 5.32 Å². The molecule has 0 aliphatic carbocycles. The van der Waals surface area contributed by atoms with Gasteiger partial charge in [0.15, 0.2) is 0 Å². The number of carbonyl (C=O) groups is 1. The fourth-order valence-electron chi connectivity index (χ4n) is 0.730. The minimum atomic E-state index is -0.470. The van der Waals surface area contributed by atoms with Crippen LogP contribution in [0.4, 0.5) is 0 Å². The molecule has 0 unspecified atom stereocenters. The summed E-state index contributed by atoms with van der Waals surface area (Å²) < 4.78 is 0.